The molecular weight excluding hydrogens is 1910 g/mol. The number of nitrogens with two attached hydrogens (primary N) is 1. The first-order valence-corrected chi connectivity index (χ1v) is 45.5. The molecule has 6 amide bonds. The van der Waals surface area contributed by atoms with Crippen molar-refractivity contribution in [3.63, 3.8) is 0 Å². The van der Waals surface area contributed by atoms with Crippen LogP contribution in [-0.4, -0.2) is 212 Å². The Labute approximate surface area is 841 Å². The van der Waals surface area contributed by atoms with Gasteiger partial charge in [0.25, 0.3) is 29.5 Å². The average molecular weight is 2010 g/mol. The normalized spacial score (nSPS) is 16.5. The Bertz CT molecular complexity index is 6370. The van der Waals surface area contributed by atoms with E-state index in [2.05, 4.69) is 92.1 Å². The zero-order chi connectivity index (χ0) is 98.9. The number of ether oxygens (including phenoxy) is 7. The molecule has 0 bridgehead atoms. The van der Waals surface area contributed by atoms with Crippen LogP contribution in [0.4, 0.5) is 27.3 Å². The molecule has 5 atom stereocenters. The summed E-state index contributed by atoms with van der Waals surface area (Å²) in [7, 11) is 8.13. The first kappa shape index (κ1) is 111. The van der Waals surface area contributed by atoms with Gasteiger partial charge in [0.2, 0.25) is 5.91 Å². The smallest absolute Gasteiger partial charge is 0.870 e. The number of anilines is 5. The van der Waals surface area contributed by atoms with Crippen LogP contribution in [-0.2, 0) is 64.1 Å². The molecule has 0 spiro atoms. The monoisotopic (exact) mass is 2010 g/mol. The molecule has 0 aliphatic carbocycles. The second-order valence-electron chi connectivity index (χ2n) is 31.2. The number of likely N-dealkylation sites (N-methyl/N-ethyl adjacent to an activating group) is 2. The molecule has 7 aliphatic rings. The Kier molecular flexibility index (Phi) is 43.0. The number of esters is 3. The Morgan fingerprint density at radius 2 is 0.809 bits per heavy atom. The topological polar surface area (TPSA) is 525 Å². The molecule has 5 saturated heterocycles. The summed E-state index contributed by atoms with van der Waals surface area (Å²) in [6.07, 6.45) is 1.65. The standard InChI is InChI=1S/C25H23N5O3S.C19H16N2O4.C18H14N2O4.C12H13NO4.C8H8O3.C7H4BrN.C7H11N3S.C4H7NO2.CH4.Li.H2O/c1-29-11-9-20-22(15-29)34-25(27-20)28-23(31)17-3-2-4-19(13-17)33-21-10-12-30(24(21)32)18-7-5-16(14-26)6-8-18;1-24-19(23)14-3-2-4-16(11-14)25-17-9-10-21(18(17)22)15-7-5-13(12-20)6-8-15;19-11-12-4-6-14(7-5-12)20-9-8-16(17(20)21)24-15-3-1-2-13(10-15)18(22)23;1-16-12(15)8-3-2-4-9(7-8)17-10-5-6-13-11(10)14;1-11-8(10)6-3-2-4-7(9)5-6;8-7-3-1-6(5-9)2-4-7;1-10-3-2-5-6(4-10)11-7(8)9-5;6-3-1-2-5-4(3)7;;;/h2-8,13,21H,9-12,15H2,1H3,(H,27,28,31);2-8,11,17H,9-10H2,1H3;1-7,10,16H,8-9H2,(H,22,23);2-4,7,10H,5-6H2,1H3,(H,13,14);2-5,9H,1H3;1-4H;2-4H2,1H3,(H2,8,9);3,6H,1-2H2,(H,5,7);1H4;;1H2/q;;;;;;;;;+1;/p-1. The predicted octanol–water partition coefficient (Wildman–Crippen LogP) is 9.69. The van der Waals surface area contributed by atoms with Crippen LogP contribution in [0.25, 0.3) is 0 Å². The number of thiazole rings is 2. The second kappa shape index (κ2) is 54.7. The number of aromatic nitrogens is 2. The molecule has 726 valence electrons. The molecule has 5 unspecified atom stereocenters. The number of benzene rings is 9. The van der Waals surface area contributed by atoms with E-state index in [1.165, 1.54) is 72.4 Å². The number of hydrogen-bond donors (Lipinski definition) is 7. The number of methoxy groups -OCH3 is 3. The molecule has 9 aromatic carbocycles. The molecule has 7 aliphatic heterocycles. The summed E-state index contributed by atoms with van der Waals surface area (Å²) in [6, 6.07) is 68.0. The zero-order valence-corrected chi connectivity index (χ0v) is 80.1. The van der Waals surface area contributed by atoms with E-state index in [4.69, 9.17) is 61.0 Å². The van der Waals surface area contributed by atoms with Gasteiger partial charge in [0.1, 0.15) is 34.9 Å². The van der Waals surface area contributed by atoms with Crippen LogP contribution < -0.4 is 74.2 Å². The van der Waals surface area contributed by atoms with Gasteiger partial charge in [-0.05, 0) is 209 Å². The van der Waals surface area contributed by atoms with Gasteiger partial charge >= 0.3 is 42.7 Å². The molecule has 0 radical (unpaired) electrons. The number of aliphatic hydroxyl groups is 1. The fraction of sp³-hybridized carbons (Fsp3) is 0.267. The molecular formula is C101H101BrLiN15O21S2. The molecule has 18 rings (SSSR count). The molecule has 2 aromatic heterocycles. The number of fused-ring (bicyclic) bond motifs is 2. The number of carboxylic acids is 1. The van der Waals surface area contributed by atoms with Crippen LogP contribution in [0.5, 0.6) is 28.7 Å². The third kappa shape index (κ3) is 32.1. The maximum Gasteiger partial charge on any atom is 1.00 e. The molecule has 141 heavy (non-hydrogen) atoms. The number of halogens is 1. The van der Waals surface area contributed by atoms with Crippen LogP contribution in [0.2, 0.25) is 0 Å². The summed E-state index contributed by atoms with van der Waals surface area (Å²) in [5.41, 5.74) is 14.0. The van der Waals surface area contributed by atoms with Crippen molar-refractivity contribution in [2.45, 2.75) is 96.0 Å². The fourth-order valence-corrected chi connectivity index (χ4v) is 16.6. The number of carboxylic acid groups (broad SMARTS) is 1. The number of aliphatic hydroxyl groups excluding tert-OH is 1. The van der Waals surface area contributed by atoms with E-state index in [1.807, 2.05) is 24.3 Å². The van der Waals surface area contributed by atoms with Crippen LogP contribution >= 0.6 is 38.6 Å². The van der Waals surface area contributed by atoms with Gasteiger partial charge in [0.15, 0.2) is 34.7 Å². The molecule has 0 saturated carbocycles. The summed E-state index contributed by atoms with van der Waals surface area (Å²) in [4.78, 5) is 138. The zero-order valence-electron chi connectivity index (χ0n) is 76.9. The number of carbonyl (C=O) groups is 10. The Morgan fingerprint density at radius 3 is 1.17 bits per heavy atom. The number of hydrogen-bond acceptors (Lipinski definition) is 31. The van der Waals surface area contributed by atoms with Crippen LogP contribution in [0, 0.1) is 45.3 Å². The van der Waals surface area contributed by atoms with Gasteiger partial charge in [-0.3, -0.25) is 34.1 Å². The van der Waals surface area contributed by atoms with Crippen molar-refractivity contribution in [3.8, 4) is 53.0 Å². The summed E-state index contributed by atoms with van der Waals surface area (Å²) >= 11 is 6.39. The number of aromatic hydroxyl groups is 1. The minimum atomic E-state index is -1.04. The number of nitrogen functional groups attached to an aromatic ring is 1. The number of phenolic OH excluding ortho intramolecular Hbond substituents is 1. The van der Waals surface area contributed by atoms with E-state index in [9.17, 15) is 47.9 Å². The van der Waals surface area contributed by atoms with E-state index in [0.717, 1.165) is 60.6 Å². The van der Waals surface area contributed by atoms with Gasteiger partial charge in [-0.25, -0.2) is 29.1 Å². The van der Waals surface area contributed by atoms with E-state index in [-0.39, 0.29) is 78.5 Å². The summed E-state index contributed by atoms with van der Waals surface area (Å²) in [5, 5.41) is 70.9. The Balaban J connectivity index is 0.000000206. The molecule has 5 fully saturated rings. The molecule has 40 heteroatoms. The van der Waals surface area contributed by atoms with Crippen molar-refractivity contribution < 1.29 is 121 Å². The predicted molar refractivity (Wildman–Crippen MR) is 522 cm³/mol. The molecule has 9 heterocycles. The van der Waals surface area contributed by atoms with Gasteiger partial charge in [-0.2, -0.15) is 21.0 Å². The van der Waals surface area contributed by atoms with E-state index in [1.54, 1.807) is 208 Å². The summed E-state index contributed by atoms with van der Waals surface area (Å²) in [6.45, 7) is 6.76. The van der Waals surface area contributed by atoms with Crippen LogP contribution in [0.3, 0.4) is 0 Å². The summed E-state index contributed by atoms with van der Waals surface area (Å²) < 4.78 is 37.6. The quantitative estimate of drug-likeness (QED) is 0.0253. The SMILES string of the molecule is C.CN1CCc2nc(N)sc2C1.CN1CCc2nc(NC(=O)c3cccc(OC4CCN(c5ccc(C#N)cc5)C4=O)c3)sc2C1.COC(=O)c1cccc(O)c1.COC(=O)c1cccc(OC2CCN(c3ccc(C#N)cc3)C2=O)c1.COC(=O)c1cccc(OC2CCNC2=O)c1.N#Cc1ccc(Br)cc1.N#Cc1ccc(N2CCC(Oc3cccc(C(=O)O)c3)C2=O)cc1.O=C1NCCC1O.[Li+].[OH-]. The van der Waals surface area contributed by atoms with Crippen LogP contribution in [0.1, 0.15) is 135 Å². The summed E-state index contributed by atoms with van der Waals surface area (Å²) in [5.74, 6) is -1.62. The van der Waals surface area contributed by atoms with Crippen molar-refractivity contribution in [1.29, 1.82) is 21.0 Å². The Morgan fingerprint density at radius 1 is 0.461 bits per heavy atom. The number of nitriles is 4. The number of carbonyl (C=O) groups excluding carboxylic acids is 9. The van der Waals surface area contributed by atoms with Gasteiger partial charge in [0, 0.05) is 134 Å². The van der Waals surface area contributed by atoms with Gasteiger partial charge < -0.3 is 94.8 Å². The van der Waals surface area contributed by atoms with Crippen molar-refractivity contribution in [2.75, 3.05) is 107 Å². The number of phenols is 1. The number of nitrogens with zero attached hydrogens (tertiary/aromatic N) is 11. The first-order valence-electron chi connectivity index (χ1n) is 43.1. The van der Waals surface area contributed by atoms with Gasteiger partial charge in [-0.1, -0.05) is 53.7 Å². The van der Waals surface area contributed by atoms with Crippen molar-refractivity contribution in [3.05, 3.63) is 294 Å². The number of rotatable bonds is 17. The molecule has 36 nitrogen and oxygen atoms in total. The van der Waals surface area contributed by atoms with E-state index in [0.29, 0.717) is 148 Å². The number of nitrogens with one attached hydrogen (secondary N) is 3. The van der Waals surface area contributed by atoms with E-state index >= 15 is 0 Å². The fourth-order valence-electron chi connectivity index (χ4n) is 14.3. The molecule has 11 aromatic rings. The first-order chi connectivity index (χ1) is 66.5. The minimum Gasteiger partial charge on any atom is -0.870 e. The molecule has 9 N–H and O–H groups in total. The van der Waals surface area contributed by atoms with Crippen molar-refractivity contribution >= 4 is 125 Å². The maximum atomic E-state index is 12.9. The second-order valence-corrected chi connectivity index (χ2v) is 34.3. The van der Waals surface area contributed by atoms with Gasteiger partial charge in [0.05, 0.1) is 102 Å². The maximum absolute atomic E-state index is 12.9. The third-order valence-corrected chi connectivity index (χ3v) is 24.0. The van der Waals surface area contributed by atoms with E-state index < -0.39 is 54.4 Å². The third-order valence-electron chi connectivity index (χ3n) is 21.5. The largest absolute Gasteiger partial charge is 1.00 e. The average Bonchev–Trinajstić information content (AvgIpc) is 1.69. The van der Waals surface area contributed by atoms with Gasteiger partial charge in [-0.15, -0.1) is 22.7 Å². The Hall–Kier alpha value is -15.4. The number of aromatic carboxylic acids is 1. The van der Waals surface area contributed by atoms with Crippen molar-refractivity contribution in [2.24, 2.45) is 0 Å². The minimum absolute atomic E-state index is 0. The van der Waals surface area contributed by atoms with Crippen molar-refractivity contribution in [1.82, 2.24) is 30.4 Å². The van der Waals surface area contributed by atoms with Crippen LogP contribution in [0.15, 0.2) is 223 Å². The number of amides is 6.